The van der Waals surface area contributed by atoms with Crippen LogP contribution in [-0.4, -0.2) is 36.8 Å². The number of aryl methyl sites for hydroxylation is 1. The lowest BCUT2D eigenvalue weighted by Gasteiger charge is -2.28. The SMILES string of the molecule is Cc1cccc(N(C(C)C(=O)Nc2nnc(-c3ccccc3)s2)S(C)(=O)=O)c1. The summed E-state index contributed by atoms with van der Waals surface area (Å²) in [6.07, 6.45) is 1.08. The van der Waals surface area contributed by atoms with Crippen molar-refractivity contribution in [2.45, 2.75) is 19.9 Å². The standard InChI is InChI=1S/C19H20N4O3S2/c1-13-8-7-11-16(12-13)23(28(3,25)26)14(2)17(24)20-19-22-21-18(27-19)15-9-5-4-6-10-15/h4-12,14H,1-3H3,(H,20,22,24). The second kappa shape index (κ2) is 8.07. The van der Waals surface area contributed by atoms with Crippen molar-refractivity contribution in [3.63, 3.8) is 0 Å². The largest absolute Gasteiger partial charge is 0.299 e. The van der Waals surface area contributed by atoms with Gasteiger partial charge in [-0.2, -0.15) is 0 Å². The first-order valence-corrected chi connectivity index (χ1v) is 11.2. The first kappa shape index (κ1) is 20.0. The fourth-order valence-corrected chi connectivity index (χ4v) is 4.67. The number of sulfonamides is 1. The number of benzene rings is 2. The van der Waals surface area contributed by atoms with Crippen LogP contribution in [-0.2, 0) is 14.8 Å². The summed E-state index contributed by atoms with van der Waals surface area (Å²) in [7, 11) is -3.67. The first-order valence-electron chi connectivity index (χ1n) is 8.51. The summed E-state index contributed by atoms with van der Waals surface area (Å²) in [6, 6.07) is 15.5. The van der Waals surface area contributed by atoms with Gasteiger partial charge in [0.25, 0.3) is 0 Å². The molecule has 9 heteroatoms. The van der Waals surface area contributed by atoms with Crippen LogP contribution in [0.25, 0.3) is 10.6 Å². The Hall–Kier alpha value is -2.78. The van der Waals surface area contributed by atoms with Crippen LogP contribution in [0.5, 0.6) is 0 Å². The summed E-state index contributed by atoms with van der Waals surface area (Å²) < 4.78 is 25.8. The van der Waals surface area contributed by atoms with Gasteiger partial charge < -0.3 is 0 Å². The Morgan fingerprint density at radius 1 is 1.11 bits per heavy atom. The molecule has 1 amide bonds. The van der Waals surface area contributed by atoms with Crippen LogP contribution in [0.15, 0.2) is 54.6 Å². The second-order valence-electron chi connectivity index (χ2n) is 6.34. The Kier molecular flexibility index (Phi) is 5.76. The Bertz CT molecular complexity index is 1080. The Morgan fingerprint density at radius 2 is 1.82 bits per heavy atom. The summed E-state index contributed by atoms with van der Waals surface area (Å²) in [4.78, 5) is 12.7. The Balaban J connectivity index is 1.82. The minimum atomic E-state index is -3.67. The number of nitrogens with one attached hydrogen (secondary N) is 1. The quantitative estimate of drug-likeness (QED) is 0.666. The highest BCUT2D eigenvalue weighted by molar-refractivity contribution is 7.92. The number of nitrogens with zero attached hydrogens (tertiary/aromatic N) is 3. The molecular weight excluding hydrogens is 396 g/mol. The molecule has 0 saturated carbocycles. The molecule has 1 heterocycles. The average molecular weight is 417 g/mol. The number of carbonyl (C=O) groups is 1. The van der Waals surface area contributed by atoms with Gasteiger partial charge in [0.2, 0.25) is 21.1 Å². The van der Waals surface area contributed by atoms with Gasteiger partial charge in [0.05, 0.1) is 11.9 Å². The van der Waals surface area contributed by atoms with E-state index in [-0.39, 0.29) is 0 Å². The van der Waals surface area contributed by atoms with E-state index in [2.05, 4.69) is 15.5 Å². The molecule has 3 aromatic rings. The average Bonchev–Trinajstić information content (AvgIpc) is 3.10. The van der Waals surface area contributed by atoms with Gasteiger partial charge in [0, 0.05) is 5.56 Å². The molecule has 1 atom stereocenters. The van der Waals surface area contributed by atoms with E-state index in [0.717, 1.165) is 21.7 Å². The van der Waals surface area contributed by atoms with E-state index in [1.165, 1.54) is 18.3 Å². The minimum Gasteiger partial charge on any atom is -0.299 e. The molecule has 28 heavy (non-hydrogen) atoms. The molecule has 0 saturated heterocycles. The van der Waals surface area contributed by atoms with Crippen molar-refractivity contribution in [1.82, 2.24) is 10.2 Å². The zero-order valence-electron chi connectivity index (χ0n) is 15.7. The van der Waals surface area contributed by atoms with Gasteiger partial charge in [-0.1, -0.05) is 53.8 Å². The van der Waals surface area contributed by atoms with Crippen LogP contribution in [0.1, 0.15) is 12.5 Å². The van der Waals surface area contributed by atoms with Crippen LogP contribution >= 0.6 is 11.3 Å². The van der Waals surface area contributed by atoms with Gasteiger partial charge in [-0.05, 0) is 31.5 Å². The Labute approximate surface area is 168 Å². The predicted molar refractivity (Wildman–Crippen MR) is 112 cm³/mol. The zero-order chi connectivity index (χ0) is 20.3. The summed E-state index contributed by atoms with van der Waals surface area (Å²) in [5.74, 6) is -0.484. The monoisotopic (exact) mass is 416 g/mol. The van der Waals surface area contributed by atoms with E-state index in [1.54, 1.807) is 18.2 Å². The molecule has 0 fully saturated rings. The molecule has 0 spiro atoms. The minimum absolute atomic E-state index is 0.313. The fourth-order valence-electron chi connectivity index (χ4n) is 2.75. The topological polar surface area (TPSA) is 92.3 Å². The van der Waals surface area contributed by atoms with E-state index in [1.807, 2.05) is 43.3 Å². The highest BCUT2D eigenvalue weighted by Gasteiger charge is 2.29. The van der Waals surface area contributed by atoms with Crippen molar-refractivity contribution in [1.29, 1.82) is 0 Å². The van der Waals surface area contributed by atoms with Crippen molar-refractivity contribution >= 4 is 38.1 Å². The summed E-state index contributed by atoms with van der Waals surface area (Å²) in [5, 5.41) is 11.7. The molecular formula is C19H20N4O3S2. The maximum absolute atomic E-state index is 12.7. The maximum Gasteiger partial charge on any atom is 0.249 e. The molecule has 0 aliphatic rings. The smallest absolute Gasteiger partial charge is 0.249 e. The van der Waals surface area contributed by atoms with Gasteiger partial charge >= 0.3 is 0 Å². The molecule has 0 bridgehead atoms. The van der Waals surface area contributed by atoms with E-state index >= 15 is 0 Å². The van der Waals surface area contributed by atoms with Crippen molar-refractivity contribution in [3.8, 4) is 10.6 Å². The van der Waals surface area contributed by atoms with Gasteiger partial charge in [0.15, 0.2) is 0 Å². The molecule has 1 unspecified atom stereocenters. The molecule has 1 N–H and O–H groups in total. The van der Waals surface area contributed by atoms with Crippen LogP contribution in [0.3, 0.4) is 0 Å². The normalized spacial score (nSPS) is 12.4. The number of hydrogen-bond acceptors (Lipinski definition) is 6. The van der Waals surface area contributed by atoms with Gasteiger partial charge in [-0.15, -0.1) is 10.2 Å². The number of carbonyl (C=O) groups excluding carboxylic acids is 1. The lowest BCUT2D eigenvalue weighted by molar-refractivity contribution is -0.116. The molecule has 3 rings (SSSR count). The van der Waals surface area contributed by atoms with Crippen LogP contribution in [0, 0.1) is 6.92 Å². The summed E-state index contributed by atoms with van der Waals surface area (Å²) in [6.45, 7) is 3.40. The highest BCUT2D eigenvalue weighted by Crippen LogP contribution is 2.27. The highest BCUT2D eigenvalue weighted by atomic mass is 32.2. The van der Waals surface area contributed by atoms with Crippen molar-refractivity contribution in [3.05, 3.63) is 60.2 Å². The molecule has 0 aliphatic heterocycles. The summed E-state index contributed by atoms with van der Waals surface area (Å²) >= 11 is 1.23. The lowest BCUT2D eigenvalue weighted by atomic mass is 10.2. The van der Waals surface area contributed by atoms with Crippen molar-refractivity contribution < 1.29 is 13.2 Å². The number of amides is 1. The number of hydrogen-bond donors (Lipinski definition) is 1. The van der Waals surface area contributed by atoms with Crippen molar-refractivity contribution in [2.75, 3.05) is 15.9 Å². The van der Waals surface area contributed by atoms with E-state index in [4.69, 9.17) is 0 Å². The van der Waals surface area contributed by atoms with E-state index < -0.39 is 22.0 Å². The first-order chi connectivity index (χ1) is 13.3. The van der Waals surface area contributed by atoms with Crippen LogP contribution in [0.2, 0.25) is 0 Å². The van der Waals surface area contributed by atoms with Gasteiger partial charge in [-0.25, -0.2) is 8.42 Å². The fraction of sp³-hybridized carbons (Fsp3) is 0.211. The molecule has 146 valence electrons. The summed E-state index contributed by atoms with van der Waals surface area (Å²) in [5.41, 5.74) is 2.23. The third-order valence-corrected chi connectivity index (χ3v) is 6.15. The third-order valence-electron chi connectivity index (χ3n) is 4.02. The van der Waals surface area contributed by atoms with Crippen LogP contribution < -0.4 is 9.62 Å². The second-order valence-corrected chi connectivity index (χ2v) is 9.18. The number of anilines is 2. The van der Waals surface area contributed by atoms with Crippen LogP contribution in [0.4, 0.5) is 10.8 Å². The Morgan fingerprint density at radius 3 is 2.46 bits per heavy atom. The number of rotatable bonds is 6. The number of aromatic nitrogens is 2. The van der Waals surface area contributed by atoms with Crippen molar-refractivity contribution in [2.24, 2.45) is 0 Å². The molecule has 0 aliphatic carbocycles. The maximum atomic E-state index is 12.7. The van der Waals surface area contributed by atoms with E-state index in [0.29, 0.717) is 15.8 Å². The van der Waals surface area contributed by atoms with Gasteiger partial charge in [0.1, 0.15) is 11.0 Å². The lowest BCUT2D eigenvalue weighted by Crippen LogP contribution is -2.45. The molecule has 1 aromatic heterocycles. The molecule has 2 aromatic carbocycles. The van der Waals surface area contributed by atoms with Gasteiger partial charge in [-0.3, -0.25) is 14.4 Å². The zero-order valence-corrected chi connectivity index (χ0v) is 17.3. The predicted octanol–water partition coefficient (Wildman–Crippen LogP) is 3.31. The molecule has 0 radical (unpaired) electrons. The van der Waals surface area contributed by atoms with E-state index in [9.17, 15) is 13.2 Å². The third kappa shape index (κ3) is 4.55. The molecule has 7 nitrogen and oxygen atoms in total.